The van der Waals surface area contributed by atoms with Gasteiger partial charge in [0.05, 0.1) is 0 Å². The average molecular weight is 284 g/mol. The molecule has 0 radical (unpaired) electrons. The highest BCUT2D eigenvalue weighted by molar-refractivity contribution is 5.77. The van der Waals surface area contributed by atoms with Crippen molar-refractivity contribution in [1.82, 2.24) is 10.6 Å². The molecule has 1 aromatic rings. The van der Waals surface area contributed by atoms with Crippen LogP contribution in [0.1, 0.15) is 12.5 Å². The molecule has 0 fully saturated rings. The molecule has 0 spiro atoms. The Bertz CT molecular complexity index is 455. The Labute approximate surface area is 116 Å². The number of ether oxygens (including phenoxy) is 1. The molecule has 6 heteroatoms. The number of amides is 1. The molecule has 0 saturated heterocycles. The van der Waals surface area contributed by atoms with E-state index in [0.29, 0.717) is 18.7 Å². The second kappa shape index (κ2) is 8.27. The lowest BCUT2D eigenvalue weighted by molar-refractivity contribution is -0.122. The van der Waals surface area contributed by atoms with E-state index in [1.807, 2.05) is 6.92 Å². The molecule has 0 saturated carbocycles. The fourth-order valence-corrected chi connectivity index (χ4v) is 1.50. The van der Waals surface area contributed by atoms with E-state index < -0.39 is 29.9 Å². The number of halogens is 2. The van der Waals surface area contributed by atoms with E-state index >= 15 is 0 Å². The summed E-state index contributed by atoms with van der Waals surface area (Å²) in [5.41, 5.74) is 0.477. The standard InChI is InChI=1S/C14H18F2N2O2/c1-3-5-18-13(19)9-20-14-11(15)6-10(7-12(14)16)8-17-4-2/h3,6-7,17H,1,4-5,8-9H2,2H3,(H,18,19). The van der Waals surface area contributed by atoms with Gasteiger partial charge in [0.25, 0.3) is 5.91 Å². The van der Waals surface area contributed by atoms with Crippen LogP contribution in [0.25, 0.3) is 0 Å². The zero-order valence-corrected chi connectivity index (χ0v) is 11.3. The van der Waals surface area contributed by atoms with Crippen LogP contribution in [0.5, 0.6) is 5.75 Å². The van der Waals surface area contributed by atoms with Crippen molar-refractivity contribution < 1.29 is 18.3 Å². The summed E-state index contributed by atoms with van der Waals surface area (Å²) in [5.74, 6) is -2.66. The van der Waals surface area contributed by atoms with E-state index in [9.17, 15) is 13.6 Å². The third-order valence-electron chi connectivity index (χ3n) is 2.43. The molecule has 0 atom stereocenters. The number of carbonyl (C=O) groups is 1. The molecule has 0 heterocycles. The summed E-state index contributed by atoms with van der Waals surface area (Å²) >= 11 is 0. The van der Waals surface area contributed by atoms with Crippen molar-refractivity contribution in [2.24, 2.45) is 0 Å². The van der Waals surface area contributed by atoms with Crippen LogP contribution in [0.15, 0.2) is 24.8 Å². The van der Waals surface area contributed by atoms with Gasteiger partial charge in [-0.2, -0.15) is 0 Å². The lowest BCUT2D eigenvalue weighted by Gasteiger charge is -2.10. The minimum absolute atomic E-state index is 0.273. The lowest BCUT2D eigenvalue weighted by atomic mass is 10.2. The Morgan fingerprint density at radius 2 is 2.05 bits per heavy atom. The van der Waals surface area contributed by atoms with Crippen LogP contribution < -0.4 is 15.4 Å². The molecule has 0 aliphatic carbocycles. The number of hydrogen-bond donors (Lipinski definition) is 2. The molecule has 0 unspecified atom stereocenters. The molecule has 2 N–H and O–H groups in total. The van der Waals surface area contributed by atoms with E-state index in [4.69, 9.17) is 4.74 Å². The van der Waals surface area contributed by atoms with Gasteiger partial charge in [-0.3, -0.25) is 4.79 Å². The third-order valence-corrected chi connectivity index (χ3v) is 2.43. The number of carbonyl (C=O) groups excluding carboxylic acids is 1. The number of nitrogens with one attached hydrogen (secondary N) is 2. The topological polar surface area (TPSA) is 50.4 Å². The normalized spacial score (nSPS) is 10.2. The first-order valence-electron chi connectivity index (χ1n) is 6.27. The summed E-state index contributed by atoms with van der Waals surface area (Å²) in [6.45, 7) is 6.21. The van der Waals surface area contributed by atoms with Crippen LogP contribution >= 0.6 is 0 Å². The first-order chi connectivity index (χ1) is 9.58. The minimum atomic E-state index is -0.825. The summed E-state index contributed by atoms with van der Waals surface area (Å²) in [6, 6.07) is 2.37. The Morgan fingerprint density at radius 1 is 1.40 bits per heavy atom. The van der Waals surface area contributed by atoms with Gasteiger partial charge in [0, 0.05) is 13.1 Å². The third kappa shape index (κ3) is 4.97. The van der Waals surface area contributed by atoms with Gasteiger partial charge in [-0.05, 0) is 24.2 Å². The van der Waals surface area contributed by atoms with Crippen LogP contribution in [0, 0.1) is 11.6 Å². The molecular weight excluding hydrogens is 266 g/mol. The van der Waals surface area contributed by atoms with Crippen molar-refractivity contribution in [3.05, 3.63) is 42.0 Å². The quantitative estimate of drug-likeness (QED) is 0.715. The first kappa shape index (κ1) is 16.1. The molecule has 0 aliphatic heterocycles. The molecular formula is C14H18F2N2O2. The minimum Gasteiger partial charge on any atom is -0.478 e. The smallest absolute Gasteiger partial charge is 0.258 e. The predicted molar refractivity (Wildman–Crippen MR) is 72.4 cm³/mol. The van der Waals surface area contributed by atoms with Crippen LogP contribution in [-0.4, -0.2) is 25.6 Å². The van der Waals surface area contributed by atoms with E-state index in [1.54, 1.807) is 0 Å². The van der Waals surface area contributed by atoms with Gasteiger partial charge in [-0.25, -0.2) is 8.78 Å². The largest absolute Gasteiger partial charge is 0.478 e. The molecule has 110 valence electrons. The van der Waals surface area contributed by atoms with Crippen molar-refractivity contribution in [1.29, 1.82) is 0 Å². The van der Waals surface area contributed by atoms with Crippen molar-refractivity contribution in [2.45, 2.75) is 13.5 Å². The zero-order valence-electron chi connectivity index (χ0n) is 11.3. The number of hydrogen-bond acceptors (Lipinski definition) is 3. The fraction of sp³-hybridized carbons (Fsp3) is 0.357. The van der Waals surface area contributed by atoms with E-state index in [1.165, 1.54) is 18.2 Å². The highest BCUT2D eigenvalue weighted by Gasteiger charge is 2.14. The second-order valence-corrected chi connectivity index (χ2v) is 4.05. The van der Waals surface area contributed by atoms with Gasteiger partial charge in [0.15, 0.2) is 24.0 Å². The monoisotopic (exact) mass is 284 g/mol. The summed E-state index contributed by atoms with van der Waals surface area (Å²) in [7, 11) is 0. The molecule has 0 aliphatic rings. The second-order valence-electron chi connectivity index (χ2n) is 4.05. The highest BCUT2D eigenvalue weighted by atomic mass is 19.1. The number of rotatable bonds is 8. The van der Waals surface area contributed by atoms with Crippen LogP contribution in [0.2, 0.25) is 0 Å². The molecule has 1 amide bonds. The molecule has 20 heavy (non-hydrogen) atoms. The van der Waals surface area contributed by atoms with Gasteiger partial charge in [-0.1, -0.05) is 13.0 Å². The van der Waals surface area contributed by atoms with Crippen molar-refractivity contribution >= 4 is 5.91 Å². The lowest BCUT2D eigenvalue weighted by Crippen LogP contribution is -2.29. The summed E-state index contributed by atoms with van der Waals surface area (Å²) in [6.07, 6.45) is 1.49. The summed E-state index contributed by atoms with van der Waals surface area (Å²) in [4.78, 5) is 11.3. The van der Waals surface area contributed by atoms with E-state index in [0.717, 1.165) is 0 Å². The van der Waals surface area contributed by atoms with Crippen LogP contribution in [0.4, 0.5) is 8.78 Å². The van der Waals surface area contributed by atoms with Crippen LogP contribution in [-0.2, 0) is 11.3 Å². The maximum absolute atomic E-state index is 13.7. The van der Waals surface area contributed by atoms with Gasteiger partial charge in [-0.15, -0.1) is 6.58 Å². The van der Waals surface area contributed by atoms with Gasteiger partial charge < -0.3 is 15.4 Å². The Balaban J connectivity index is 2.66. The Kier molecular flexibility index (Phi) is 6.66. The van der Waals surface area contributed by atoms with Crippen molar-refractivity contribution in [2.75, 3.05) is 19.7 Å². The summed E-state index contributed by atoms with van der Waals surface area (Å²) < 4.78 is 32.3. The van der Waals surface area contributed by atoms with Gasteiger partial charge in [0.1, 0.15) is 0 Å². The molecule has 0 bridgehead atoms. The van der Waals surface area contributed by atoms with E-state index in [-0.39, 0.29) is 6.54 Å². The Hall–Kier alpha value is -1.95. The van der Waals surface area contributed by atoms with Crippen molar-refractivity contribution in [3.63, 3.8) is 0 Å². The SMILES string of the molecule is C=CCNC(=O)COc1c(F)cc(CNCC)cc1F. The van der Waals surface area contributed by atoms with Crippen LogP contribution in [0.3, 0.4) is 0 Å². The van der Waals surface area contributed by atoms with Gasteiger partial charge >= 0.3 is 0 Å². The van der Waals surface area contributed by atoms with E-state index in [2.05, 4.69) is 17.2 Å². The number of benzene rings is 1. The predicted octanol–water partition coefficient (Wildman–Crippen LogP) is 1.76. The maximum atomic E-state index is 13.7. The first-order valence-corrected chi connectivity index (χ1v) is 6.27. The molecule has 1 rings (SSSR count). The maximum Gasteiger partial charge on any atom is 0.258 e. The van der Waals surface area contributed by atoms with Crippen molar-refractivity contribution in [3.8, 4) is 5.75 Å². The molecule has 0 aromatic heterocycles. The summed E-state index contributed by atoms with van der Waals surface area (Å²) in [5, 5.41) is 5.41. The average Bonchev–Trinajstić information content (AvgIpc) is 2.41. The highest BCUT2D eigenvalue weighted by Crippen LogP contribution is 2.23. The van der Waals surface area contributed by atoms with Gasteiger partial charge in [0.2, 0.25) is 0 Å². The zero-order chi connectivity index (χ0) is 15.0. The molecule has 4 nitrogen and oxygen atoms in total. The Morgan fingerprint density at radius 3 is 2.60 bits per heavy atom. The fourth-order valence-electron chi connectivity index (χ4n) is 1.50. The molecule has 1 aromatic carbocycles.